The molecule has 7 nitrogen and oxygen atoms in total. The molecule has 1 heterocycles. The Kier molecular flexibility index (Phi) is 5.23. The number of hydrogen-bond acceptors (Lipinski definition) is 6. The number of carbonyl (C=O) groups excluding carboxylic acids is 2. The molecule has 19 heavy (non-hydrogen) atoms. The SMILES string of the molecule is CNC(=O)C(C)CN(C)c1cncc(C(=O)OC)n1. The van der Waals surface area contributed by atoms with Gasteiger partial charge in [0.2, 0.25) is 5.91 Å². The van der Waals surface area contributed by atoms with Gasteiger partial charge in [0.15, 0.2) is 5.69 Å². The molecule has 1 atom stereocenters. The van der Waals surface area contributed by atoms with Gasteiger partial charge in [0.05, 0.1) is 25.4 Å². The third-order valence-corrected chi connectivity index (χ3v) is 2.65. The first-order valence-corrected chi connectivity index (χ1v) is 5.82. The second-order valence-corrected chi connectivity index (χ2v) is 4.15. The van der Waals surface area contributed by atoms with E-state index in [1.807, 2.05) is 6.92 Å². The third-order valence-electron chi connectivity index (χ3n) is 2.65. The van der Waals surface area contributed by atoms with E-state index in [2.05, 4.69) is 20.0 Å². The van der Waals surface area contributed by atoms with Crippen molar-refractivity contribution in [2.45, 2.75) is 6.92 Å². The van der Waals surface area contributed by atoms with Crippen LogP contribution in [0.4, 0.5) is 5.82 Å². The maximum Gasteiger partial charge on any atom is 0.358 e. The van der Waals surface area contributed by atoms with Crippen molar-refractivity contribution in [3.05, 3.63) is 18.1 Å². The van der Waals surface area contributed by atoms with E-state index in [4.69, 9.17) is 0 Å². The standard InChI is InChI=1S/C12H18N4O3/c1-8(11(17)13-2)7-16(3)10-6-14-5-9(15-10)12(18)19-4/h5-6,8H,7H2,1-4H3,(H,13,17). The molecule has 1 aromatic heterocycles. The van der Waals surface area contributed by atoms with E-state index >= 15 is 0 Å². The van der Waals surface area contributed by atoms with Crippen molar-refractivity contribution >= 4 is 17.7 Å². The van der Waals surface area contributed by atoms with Crippen molar-refractivity contribution in [3.63, 3.8) is 0 Å². The molecule has 1 N–H and O–H groups in total. The molecule has 104 valence electrons. The van der Waals surface area contributed by atoms with Crippen LogP contribution in [0.15, 0.2) is 12.4 Å². The summed E-state index contributed by atoms with van der Waals surface area (Å²) in [5, 5.41) is 2.58. The first-order valence-electron chi connectivity index (χ1n) is 5.82. The molecule has 0 aliphatic rings. The van der Waals surface area contributed by atoms with Crippen LogP contribution < -0.4 is 10.2 Å². The number of anilines is 1. The summed E-state index contributed by atoms with van der Waals surface area (Å²) >= 11 is 0. The molecule has 1 amide bonds. The summed E-state index contributed by atoms with van der Waals surface area (Å²) < 4.78 is 4.58. The quantitative estimate of drug-likeness (QED) is 0.760. The Bertz CT molecular complexity index is 464. The minimum atomic E-state index is -0.540. The lowest BCUT2D eigenvalue weighted by Gasteiger charge is -2.21. The number of methoxy groups -OCH3 is 1. The van der Waals surface area contributed by atoms with Crippen LogP contribution in [0.2, 0.25) is 0 Å². The molecule has 1 aromatic rings. The first kappa shape index (κ1) is 14.9. The highest BCUT2D eigenvalue weighted by Crippen LogP contribution is 2.10. The predicted octanol–water partition coefficient (Wildman–Crippen LogP) is 0.0815. The van der Waals surface area contributed by atoms with Crippen LogP contribution in [0.25, 0.3) is 0 Å². The van der Waals surface area contributed by atoms with Crippen molar-refractivity contribution < 1.29 is 14.3 Å². The molecular weight excluding hydrogens is 248 g/mol. The zero-order valence-corrected chi connectivity index (χ0v) is 11.5. The van der Waals surface area contributed by atoms with Gasteiger partial charge in [0.25, 0.3) is 0 Å². The number of hydrogen-bond donors (Lipinski definition) is 1. The number of carbonyl (C=O) groups is 2. The fourth-order valence-corrected chi connectivity index (χ4v) is 1.58. The summed E-state index contributed by atoms with van der Waals surface area (Å²) in [6, 6.07) is 0. The van der Waals surface area contributed by atoms with Crippen molar-refractivity contribution in [2.75, 3.05) is 32.6 Å². The van der Waals surface area contributed by atoms with Crippen LogP contribution in [0.3, 0.4) is 0 Å². The molecule has 0 saturated heterocycles. The molecule has 0 aliphatic carbocycles. The van der Waals surface area contributed by atoms with Crippen LogP contribution in [0.1, 0.15) is 17.4 Å². The average molecular weight is 266 g/mol. The molecule has 7 heteroatoms. The van der Waals surface area contributed by atoms with Gasteiger partial charge in [-0.2, -0.15) is 0 Å². The van der Waals surface area contributed by atoms with Crippen molar-refractivity contribution in [1.82, 2.24) is 15.3 Å². The van der Waals surface area contributed by atoms with Crippen molar-refractivity contribution in [1.29, 1.82) is 0 Å². The van der Waals surface area contributed by atoms with E-state index in [0.717, 1.165) is 0 Å². The van der Waals surface area contributed by atoms with Crippen LogP contribution in [-0.2, 0) is 9.53 Å². The number of esters is 1. The molecule has 0 radical (unpaired) electrons. The number of nitrogens with one attached hydrogen (secondary N) is 1. The van der Waals surface area contributed by atoms with E-state index in [9.17, 15) is 9.59 Å². The third kappa shape index (κ3) is 3.90. The number of nitrogens with zero attached hydrogens (tertiary/aromatic N) is 3. The minimum Gasteiger partial charge on any atom is -0.464 e. The Labute approximate surface area is 112 Å². The van der Waals surface area contributed by atoms with Gasteiger partial charge < -0.3 is 15.0 Å². The molecule has 0 saturated carbocycles. The lowest BCUT2D eigenvalue weighted by Crippen LogP contribution is -2.34. The smallest absolute Gasteiger partial charge is 0.358 e. The molecule has 0 fully saturated rings. The predicted molar refractivity (Wildman–Crippen MR) is 69.9 cm³/mol. The lowest BCUT2D eigenvalue weighted by atomic mass is 10.1. The zero-order valence-electron chi connectivity index (χ0n) is 11.5. The lowest BCUT2D eigenvalue weighted by molar-refractivity contribution is -0.123. The number of aromatic nitrogens is 2. The zero-order chi connectivity index (χ0) is 14.4. The van der Waals surface area contributed by atoms with Gasteiger partial charge in [-0.05, 0) is 0 Å². The largest absolute Gasteiger partial charge is 0.464 e. The number of amides is 1. The molecule has 0 aliphatic heterocycles. The summed E-state index contributed by atoms with van der Waals surface area (Å²) in [7, 11) is 4.66. The van der Waals surface area contributed by atoms with Crippen LogP contribution >= 0.6 is 0 Å². The second kappa shape index (κ2) is 6.67. The Hall–Kier alpha value is -2.18. The fourth-order valence-electron chi connectivity index (χ4n) is 1.58. The Morgan fingerprint density at radius 3 is 2.74 bits per heavy atom. The summed E-state index contributed by atoms with van der Waals surface area (Å²) in [4.78, 5) is 32.7. The fraction of sp³-hybridized carbons (Fsp3) is 0.500. The second-order valence-electron chi connectivity index (χ2n) is 4.15. The molecule has 0 bridgehead atoms. The summed E-state index contributed by atoms with van der Waals surface area (Å²) in [6.07, 6.45) is 2.87. The van der Waals surface area contributed by atoms with E-state index in [1.165, 1.54) is 19.5 Å². The van der Waals surface area contributed by atoms with Crippen LogP contribution in [0.5, 0.6) is 0 Å². The first-order chi connectivity index (χ1) is 8.99. The van der Waals surface area contributed by atoms with Gasteiger partial charge in [-0.15, -0.1) is 0 Å². The Morgan fingerprint density at radius 2 is 2.16 bits per heavy atom. The number of ether oxygens (including phenoxy) is 1. The molecule has 0 aromatic carbocycles. The number of rotatable bonds is 5. The van der Waals surface area contributed by atoms with Crippen molar-refractivity contribution in [3.8, 4) is 0 Å². The van der Waals surface area contributed by atoms with Gasteiger partial charge in [-0.1, -0.05) is 6.92 Å². The topological polar surface area (TPSA) is 84.4 Å². The molecule has 0 spiro atoms. The minimum absolute atomic E-state index is 0.0519. The summed E-state index contributed by atoms with van der Waals surface area (Å²) in [6.45, 7) is 2.28. The highest BCUT2D eigenvalue weighted by atomic mass is 16.5. The monoisotopic (exact) mass is 266 g/mol. The highest BCUT2D eigenvalue weighted by Gasteiger charge is 2.16. The van der Waals surface area contributed by atoms with Gasteiger partial charge >= 0.3 is 5.97 Å². The van der Waals surface area contributed by atoms with Crippen LogP contribution in [-0.4, -0.2) is 49.6 Å². The van der Waals surface area contributed by atoms with Gasteiger partial charge in [0.1, 0.15) is 5.82 Å². The van der Waals surface area contributed by atoms with Crippen molar-refractivity contribution in [2.24, 2.45) is 5.92 Å². The maximum absolute atomic E-state index is 11.5. The average Bonchev–Trinajstić information content (AvgIpc) is 2.45. The van der Waals surface area contributed by atoms with E-state index in [-0.39, 0.29) is 17.5 Å². The molecular formula is C12H18N4O3. The van der Waals surface area contributed by atoms with Gasteiger partial charge in [-0.25, -0.2) is 9.78 Å². The van der Waals surface area contributed by atoms with E-state index in [1.54, 1.807) is 19.0 Å². The maximum atomic E-state index is 11.5. The summed E-state index contributed by atoms with van der Waals surface area (Å²) in [5.41, 5.74) is 0.138. The molecule has 1 rings (SSSR count). The van der Waals surface area contributed by atoms with Gasteiger partial charge in [-0.3, -0.25) is 9.78 Å². The normalized spacial score (nSPS) is 11.6. The van der Waals surface area contributed by atoms with E-state index in [0.29, 0.717) is 12.4 Å². The van der Waals surface area contributed by atoms with Gasteiger partial charge in [0, 0.05) is 20.6 Å². The summed E-state index contributed by atoms with van der Waals surface area (Å²) in [5.74, 6) is -0.275. The van der Waals surface area contributed by atoms with E-state index < -0.39 is 5.97 Å². The Morgan fingerprint density at radius 1 is 1.47 bits per heavy atom. The highest BCUT2D eigenvalue weighted by molar-refractivity contribution is 5.87. The Balaban J connectivity index is 2.79. The molecule has 1 unspecified atom stereocenters. The van der Waals surface area contributed by atoms with Crippen LogP contribution in [0, 0.1) is 5.92 Å².